The molecule has 0 bridgehead atoms. The van der Waals surface area contributed by atoms with Crippen molar-refractivity contribution in [2.24, 2.45) is 0 Å². The van der Waals surface area contributed by atoms with Crippen LogP contribution in [0.4, 0.5) is 10.2 Å². The minimum absolute atomic E-state index is 0.0576. The molecule has 138 valence electrons. The third-order valence-corrected chi connectivity index (χ3v) is 4.32. The van der Waals surface area contributed by atoms with Crippen molar-refractivity contribution in [3.05, 3.63) is 58.5 Å². The maximum atomic E-state index is 13.4. The number of anilines is 1. The molecule has 1 unspecified atom stereocenters. The molecule has 0 amide bonds. The Kier molecular flexibility index (Phi) is 5.74. The highest BCUT2D eigenvalue weighted by atomic mass is 35.5. The Morgan fingerprint density at radius 2 is 2.23 bits per heavy atom. The summed E-state index contributed by atoms with van der Waals surface area (Å²) in [5, 5.41) is 0.0576. The topological polar surface area (TPSA) is 51.7 Å². The van der Waals surface area contributed by atoms with Gasteiger partial charge in [0.15, 0.2) is 0 Å². The standard InChI is InChI=1S/C19H20ClFN2O3/c1-12(2)26-19(24)14-4-3-7-22-18(14)23-8-9-25-17(11-23)13-5-6-16(21)15(20)10-13/h3-7,10,12,17H,8-9,11H2,1-2H3. The second-order valence-electron chi connectivity index (χ2n) is 6.31. The molecule has 1 aliphatic rings. The van der Waals surface area contributed by atoms with Gasteiger partial charge in [-0.2, -0.15) is 0 Å². The van der Waals surface area contributed by atoms with Gasteiger partial charge in [0.25, 0.3) is 0 Å². The lowest BCUT2D eigenvalue weighted by atomic mass is 10.1. The van der Waals surface area contributed by atoms with Gasteiger partial charge in [0.05, 0.1) is 17.7 Å². The van der Waals surface area contributed by atoms with Gasteiger partial charge in [0.2, 0.25) is 0 Å². The number of esters is 1. The molecular formula is C19H20ClFN2O3. The summed E-state index contributed by atoms with van der Waals surface area (Å²) in [4.78, 5) is 18.7. The van der Waals surface area contributed by atoms with Crippen molar-refractivity contribution < 1.29 is 18.7 Å². The summed E-state index contributed by atoms with van der Waals surface area (Å²) in [6.07, 6.45) is 1.13. The van der Waals surface area contributed by atoms with Gasteiger partial charge in [-0.05, 0) is 43.7 Å². The van der Waals surface area contributed by atoms with E-state index in [0.29, 0.717) is 31.1 Å². The second-order valence-corrected chi connectivity index (χ2v) is 6.71. The SMILES string of the molecule is CC(C)OC(=O)c1cccnc1N1CCOC(c2ccc(F)c(Cl)c2)C1. The number of halogens is 2. The Morgan fingerprint density at radius 3 is 2.96 bits per heavy atom. The molecule has 1 aliphatic heterocycles. The highest BCUT2D eigenvalue weighted by Gasteiger charge is 2.27. The highest BCUT2D eigenvalue weighted by Crippen LogP contribution is 2.29. The van der Waals surface area contributed by atoms with Crippen LogP contribution in [0.25, 0.3) is 0 Å². The molecule has 0 radical (unpaired) electrons. The second kappa shape index (κ2) is 8.01. The van der Waals surface area contributed by atoms with Crippen LogP contribution < -0.4 is 4.90 Å². The van der Waals surface area contributed by atoms with Crippen molar-refractivity contribution in [2.45, 2.75) is 26.1 Å². The third-order valence-electron chi connectivity index (χ3n) is 4.03. The van der Waals surface area contributed by atoms with Crippen LogP contribution in [0.1, 0.15) is 35.9 Å². The molecule has 2 heterocycles. The van der Waals surface area contributed by atoms with Gasteiger partial charge in [-0.25, -0.2) is 14.2 Å². The number of hydrogen-bond donors (Lipinski definition) is 0. The van der Waals surface area contributed by atoms with Crippen LogP contribution in [0, 0.1) is 5.82 Å². The van der Waals surface area contributed by atoms with Crippen LogP contribution >= 0.6 is 11.6 Å². The first-order chi connectivity index (χ1) is 12.5. The molecule has 1 aromatic heterocycles. The smallest absolute Gasteiger partial charge is 0.342 e. The van der Waals surface area contributed by atoms with Crippen molar-refractivity contribution >= 4 is 23.4 Å². The summed E-state index contributed by atoms with van der Waals surface area (Å²) in [6, 6.07) is 7.95. The van der Waals surface area contributed by atoms with E-state index >= 15 is 0 Å². The van der Waals surface area contributed by atoms with Crippen molar-refractivity contribution in [1.82, 2.24) is 4.98 Å². The fourth-order valence-corrected chi connectivity index (χ4v) is 3.03. The van der Waals surface area contributed by atoms with E-state index in [1.165, 1.54) is 6.07 Å². The van der Waals surface area contributed by atoms with Crippen molar-refractivity contribution in [1.29, 1.82) is 0 Å². The summed E-state index contributed by atoms with van der Waals surface area (Å²) < 4.78 is 24.5. The monoisotopic (exact) mass is 378 g/mol. The van der Waals surface area contributed by atoms with Gasteiger partial charge in [-0.15, -0.1) is 0 Å². The number of ether oxygens (including phenoxy) is 2. The lowest BCUT2D eigenvalue weighted by molar-refractivity contribution is 0.0356. The van der Waals surface area contributed by atoms with E-state index in [4.69, 9.17) is 21.1 Å². The zero-order valence-electron chi connectivity index (χ0n) is 14.6. The molecule has 7 heteroatoms. The van der Waals surface area contributed by atoms with Gasteiger partial charge >= 0.3 is 5.97 Å². The van der Waals surface area contributed by atoms with Crippen LogP contribution in [-0.2, 0) is 9.47 Å². The number of carbonyl (C=O) groups excluding carboxylic acids is 1. The van der Waals surface area contributed by atoms with E-state index in [0.717, 1.165) is 5.56 Å². The van der Waals surface area contributed by atoms with Crippen LogP contribution in [0.3, 0.4) is 0 Å². The fraction of sp³-hybridized carbons (Fsp3) is 0.368. The Labute approximate surface area is 156 Å². The maximum Gasteiger partial charge on any atom is 0.342 e. The number of pyridine rings is 1. The molecule has 0 spiro atoms. The molecular weight excluding hydrogens is 359 g/mol. The van der Waals surface area contributed by atoms with Crippen molar-refractivity contribution in [2.75, 3.05) is 24.6 Å². The average molecular weight is 379 g/mol. The summed E-state index contributed by atoms with van der Waals surface area (Å²) in [5.41, 5.74) is 1.20. The predicted molar refractivity (Wildman–Crippen MR) is 97.1 cm³/mol. The van der Waals surface area contributed by atoms with Gasteiger partial charge < -0.3 is 14.4 Å². The minimum atomic E-state index is -0.466. The van der Waals surface area contributed by atoms with E-state index in [1.807, 2.05) is 4.90 Å². The van der Waals surface area contributed by atoms with E-state index in [1.54, 1.807) is 44.3 Å². The normalized spacial score (nSPS) is 17.4. The molecule has 0 N–H and O–H groups in total. The minimum Gasteiger partial charge on any atom is -0.459 e. The molecule has 5 nitrogen and oxygen atoms in total. The van der Waals surface area contributed by atoms with Gasteiger partial charge in [0, 0.05) is 19.3 Å². The first kappa shape index (κ1) is 18.6. The molecule has 1 saturated heterocycles. The first-order valence-corrected chi connectivity index (χ1v) is 8.81. The maximum absolute atomic E-state index is 13.4. The lowest BCUT2D eigenvalue weighted by Gasteiger charge is -2.34. The number of benzene rings is 1. The molecule has 0 aliphatic carbocycles. The van der Waals surface area contributed by atoms with E-state index < -0.39 is 11.8 Å². The Hall–Kier alpha value is -2.18. The third kappa shape index (κ3) is 4.14. The van der Waals surface area contributed by atoms with Gasteiger partial charge in [0.1, 0.15) is 23.3 Å². The first-order valence-electron chi connectivity index (χ1n) is 8.43. The van der Waals surface area contributed by atoms with E-state index in [9.17, 15) is 9.18 Å². The molecule has 1 atom stereocenters. The summed E-state index contributed by atoms with van der Waals surface area (Å²) >= 11 is 5.88. The fourth-order valence-electron chi connectivity index (χ4n) is 2.84. The van der Waals surface area contributed by atoms with Crippen LogP contribution in [0.15, 0.2) is 36.5 Å². The van der Waals surface area contributed by atoms with Gasteiger partial charge in [-0.3, -0.25) is 0 Å². The number of nitrogens with zero attached hydrogens (tertiary/aromatic N) is 2. The molecule has 3 rings (SSSR count). The molecule has 1 aromatic carbocycles. The van der Waals surface area contributed by atoms with Crippen LogP contribution in [0.5, 0.6) is 0 Å². The van der Waals surface area contributed by atoms with Crippen LogP contribution in [-0.4, -0.2) is 36.8 Å². The average Bonchev–Trinajstić information content (AvgIpc) is 2.63. The molecule has 26 heavy (non-hydrogen) atoms. The number of carbonyl (C=O) groups is 1. The summed E-state index contributed by atoms with van der Waals surface area (Å²) in [5.74, 6) is -0.317. The quantitative estimate of drug-likeness (QED) is 0.752. The molecule has 0 saturated carbocycles. The summed E-state index contributed by atoms with van der Waals surface area (Å²) in [6.45, 7) is 5.12. The molecule has 2 aromatic rings. The van der Waals surface area contributed by atoms with E-state index in [-0.39, 0.29) is 17.2 Å². The van der Waals surface area contributed by atoms with E-state index in [2.05, 4.69) is 4.98 Å². The van der Waals surface area contributed by atoms with Gasteiger partial charge in [-0.1, -0.05) is 17.7 Å². The number of aromatic nitrogens is 1. The van der Waals surface area contributed by atoms with Crippen molar-refractivity contribution in [3.8, 4) is 0 Å². The number of morpholine rings is 1. The Bertz CT molecular complexity index is 800. The highest BCUT2D eigenvalue weighted by molar-refractivity contribution is 6.30. The largest absolute Gasteiger partial charge is 0.459 e. The summed E-state index contributed by atoms with van der Waals surface area (Å²) in [7, 11) is 0. The lowest BCUT2D eigenvalue weighted by Crippen LogP contribution is -2.39. The predicted octanol–water partition coefficient (Wildman–Crippen LogP) is 4.02. The number of rotatable bonds is 4. The zero-order valence-corrected chi connectivity index (χ0v) is 15.4. The molecule has 1 fully saturated rings. The Balaban J connectivity index is 1.84. The number of hydrogen-bond acceptors (Lipinski definition) is 5. The zero-order chi connectivity index (χ0) is 18.7. The Morgan fingerprint density at radius 1 is 1.42 bits per heavy atom. The van der Waals surface area contributed by atoms with Crippen molar-refractivity contribution in [3.63, 3.8) is 0 Å². The van der Waals surface area contributed by atoms with Crippen LogP contribution in [0.2, 0.25) is 5.02 Å².